The van der Waals surface area contributed by atoms with Crippen molar-refractivity contribution in [2.24, 2.45) is 5.73 Å². The molecule has 1 amide bonds. The molecule has 22 heavy (non-hydrogen) atoms. The van der Waals surface area contributed by atoms with Crippen molar-refractivity contribution < 1.29 is 14.3 Å². The summed E-state index contributed by atoms with van der Waals surface area (Å²) >= 11 is 0. The number of unbranched alkanes of at least 4 members (excludes halogenated alkanes) is 2. The fourth-order valence-electron chi connectivity index (χ4n) is 2.15. The summed E-state index contributed by atoms with van der Waals surface area (Å²) < 4.78 is 4.57. The fraction of sp³-hybridized carbons (Fsp3) is 0.529. The van der Waals surface area contributed by atoms with E-state index in [-0.39, 0.29) is 11.9 Å². The maximum atomic E-state index is 11.8. The molecule has 0 aliphatic heterocycles. The van der Waals surface area contributed by atoms with Gasteiger partial charge in [-0.1, -0.05) is 43.2 Å². The summed E-state index contributed by atoms with van der Waals surface area (Å²) in [5, 5.41) is 2.86. The van der Waals surface area contributed by atoms with Gasteiger partial charge in [-0.3, -0.25) is 9.59 Å². The van der Waals surface area contributed by atoms with Gasteiger partial charge in [-0.2, -0.15) is 0 Å². The van der Waals surface area contributed by atoms with E-state index in [0.717, 1.165) is 25.7 Å². The first-order valence-corrected chi connectivity index (χ1v) is 7.77. The quantitative estimate of drug-likeness (QED) is 0.510. The molecule has 0 unspecified atom stereocenters. The SMILES string of the molecule is COC(=O)CCCCC[C@H](N)C(=O)NCCc1ccccc1. The third-order valence-corrected chi connectivity index (χ3v) is 3.52. The van der Waals surface area contributed by atoms with Crippen LogP contribution < -0.4 is 11.1 Å². The number of rotatable bonds is 10. The molecule has 1 aromatic rings. The zero-order valence-corrected chi connectivity index (χ0v) is 13.2. The van der Waals surface area contributed by atoms with Crippen LogP contribution in [0.25, 0.3) is 0 Å². The Hall–Kier alpha value is -1.88. The normalized spacial score (nSPS) is 11.7. The van der Waals surface area contributed by atoms with E-state index in [4.69, 9.17) is 5.73 Å². The van der Waals surface area contributed by atoms with E-state index < -0.39 is 6.04 Å². The number of benzene rings is 1. The summed E-state index contributed by atoms with van der Waals surface area (Å²) in [5.74, 6) is -0.299. The highest BCUT2D eigenvalue weighted by atomic mass is 16.5. The van der Waals surface area contributed by atoms with Gasteiger partial charge in [0, 0.05) is 13.0 Å². The molecule has 1 rings (SSSR count). The minimum atomic E-state index is -0.478. The van der Waals surface area contributed by atoms with Gasteiger partial charge in [0.2, 0.25) is 5.91 Å². The van der Waals surface area contributed by atoms with Gasteiger partial charge in [0.05, 0.1) is 13.2 Å². The standard InChI is InChI=1S/C17H26N2O3/c1-22-16(20)11-7-3-6-10-15(18)17(21)19-13-12-14-8-4-2-5-9-14/h2,4-5,8-9,15H,3,6-7,10-13,18H2,1H3,(H,19,21)/t15-/m0/s1. The van der Waals surface area contributed by atoms with Crippen LogP contribution in [0.2, 0.25) is 0 Å². The van der Waals surface area contributed by atoms with Crippen molar-refractivity contribution in [1.82, 2.24) is 5.32 Å². The van der Waals surface area contributed by atoms with Gasteiger partial charge in [0.1, 0.15) is 0 Å². The Morgan fingerprint density at radius 2 is 1.91 bits per heavy atom. The van der Waals surface area contributed by atoms with Crippen LogP contribution >= 0.6 is 0 Å². The lowest BCUT2D eigenvalue weighted by atomic mass is 10.1. The molecule has 0 spiro atoms. The van der Waals surface area contributed by atoms with Crippen LogP contribution in [0.3, 0.4) is 0 Å². The molecule has 0 aliphatic carbocycles. The summed E-state index contributed by atoms with van der Waals surface area (Å²) in [7, 11) is 1.39. The minimum Gasteiger partial charge on any atom is -0.469 e. The van der Waals surface area contributed by atoms with Gasteiger partial charge >= 0.3 is 5.97 Å². The number of esters is 1. The molecule has 1 aromatic carbocycles. The molecule has 0 saturated heterocycles. The minimum absolute atomic E-state index is 0.108. The molecule has 0 radical (unpaired) electrons. The monoisotopic (exact) mass is 306 g/mol. The van der Waals surface area contributed by atoms with E-state index in [1.807, 2.05) is 30.3 Å². The number of methoxy groups -OCH3 is 1. The Labute approximate surface area is 132 Å². The Bertz CT molecular complexity index is 448. The van der Waals surface area contributed by atoms with Gasteiger partial charge in [-0.15, -0.1) is 0 Å². The zero-order valence-electron chi connectivity index (χ0n) is 13.2. The predicted octanol–water partition coefficient (Wildman–Crippen LogP) is 1.80. The molecule has 5 nitrogen and oxygen atoms in total. The van der Waals surface area contributed by atoms with Crippen molar-refractivity contribution in [2.75, 3.05) is 13.7 Å². The summed E-state index contributed by atoms with van der Waals surface area (Å²) in [5.41, 5.74) is 7.05. The third-order valence-electron chi connectivity index (χ3n) is 3.52. The number of amides is 1. The molecule has 1 atom stereocenters. The number of nitrogens with two attached hydrogens (primary N) is 1. The number of ether oxygens (including phenoxy) is 1. The lowest BCUT2D eigenvalue weighted by molar-refractivity contribution is -0.140. The van der Waals surface area contributed by atoms with E-state index >= 15 is 0 Å². The number of hydrogen-bond donors (Lipinski definition) is 2. The second-order valence-corrected chi connectivity index (χ2v) is 5.31. The van der Waals surface area contributed by atoms with Crippen molar-refractivity contribution in [1.29, 1.82) is 0 Å². The second-order valence-electron chi connectivity index (χ2n) is 5.31. The van der Waals surface area contributed by atoms with E-state index in [1.165, 1.54) is 12.7 Å². The van der Waals surface area contributed by atoms with Crippen LogP contribution in [0.1, 0.15) is 37.7 Å². The fourth-order valence-corrected chi connectivity index (χ4v) is 2.15. The molecule has 3 N–H and O–H groups in total. The van der Waals surface area contributed by atoms with E-state index in [9.17, 15) is 9.59 Å². The highest BCUT2D eigenvalue weighted by molar-refractivity contribution is 5.81. The van der Waals surface area contributed by atoms with Crippen molar-refractivity contribution in [3.8, 4) is 0 Å². The van der Waals surface area contributed by atoms with Crippen LogP contribution in [0.4, 0.5) is 0 Å². The average Bonchev–Trinajstić information content (AvgIpc) is 2.54. The molecule has 0 aliphatic rings. The average molecular weight is 306 g/mol. The van der Waals surface area contributed by atoms with Gasteiger partial charge in [-0.25, -0.2) is 0 Å². The van der Waals surface area contributed by atoms with Crippen molar-refractivity contribution in [3.05, 3.63) is 35.9 Å². The lowest BCUT2D eigenvalue weighted by Crippen LogP contribution is -2.41. The Balaban J connectivity index is 2.08. The molecule has 0 heterocycles. The Morgan fingerprint density at radius 1 is 1.18 bits per heavy atom. The third kappa shape index (κ3) is 7.78. The highest BCUT2D eigenvalue weighted by Crippen LogP contribution is 2.06. The lowest BCUT2D eigenvalue weighted by Gasteiger charge is -2.12. The van der Waals surface area contributed by atoms with E-state index in [2.05, 4.69) is 10.1 Å². The van der Waals surface area contributed by atoms with E-state index in [0.29, 0.717) is 19.4 Å². The molecule has 5 heteroatoms. The van der Waals surface area contributed by atoms with E-state index in [1.54, 1.807) is 0 Å². The summed E-state index contributed by atoms with van der Waals surface area (Å²) in [4.78, 5) is 22.8. The molecule has 0 saturated carbocycles. The van der Waals surface area contributed by atoms with Crippen LogP contribution in [-0.2, 0) is 20.7 Å². The number of carbonyl (C=O) groups is 2. The number of carbonyl (C=O) groups excluding carboxylic acids is 2. The summed E-state index contributed by atoms with van der Waals surface area (Å²) in [6, 6.07) is 9.53. The van der Waals surface area contributed by atoms with Crippen molar-refractivity contribution in [3.63, 3.8) is 0 Å². The first kappa shape index (κ1) is 18.2. The van der Waals surface area contributed by atoms with Crippen LogP contribution in [-0.4, -0.2) is 31.6 Å². The molecule has 0 fully saturated rings. The Kier molecular flexibility index (Phi) is 8.91. The van der Waals surface area contributed by atoms with Crippen LogP contribution in [0, 0.1) is 0 Å². The smallest absolute Gasteiger partial charge is 0.305 e. The van der Waals surface area contributed by atoms with Gasteiger partial charge < -0.3 is 15.8 Å². The predicted molar refractivity (Wildman–Crippen MR) is 86.2 cm³/mol. The van der Waals surface area contributed by atoms with Gasteiger partial charge in [-0.05, 0) is 24.8 Å². The maximum Gasteiger partial charge on any atom is 0.305 e. The van der Waals surface area contributed by atoms with Crippen molar-refractivity contribution >= 4 is 11.9 Å². The summed E-state index contributed by atoms with van der Waals surface area (Å²) in [6.45, 7) is 0.596. The second kappa shape index (κ2) is 10.8. The molecule has 0 aromatic heterocycles. The van der Waals surface area contributed by atoms with Crippen LogP contribution in [0.15, 0.2) is 30.3 Å². The van der Waals surface area contributed by atoms with Crippen LogP contribution in [0.5, 0.6) is 0 Å². The number of hydrogen-bond acceptors (Lipinski definition) is 4. The molecule has 122 valence electrons. The van der Waals surface area contributed by atoms with Gasteiger partial charge in [0.25, 0.3) is 0 Å². The largest absolute Gasteiger partial charge is 0.469 e. The topological polar surface area (TPSA) is 81.4 Å². The molecular weight excluding hydrogens is 280 g/mol. The Morgan fingerprint density at radius 3 is 2.59 bits per heavy atom. The summed E-state index contributed by atoms with van der Waals surface area (Å²) in [6.07, 6.45) is 4.35. The van der Waals surface area contributed by atoms with Crippen molar-refractivity contribution in [2.45, 2.75) is 44.6 Å². The zero-order chi connectivity index (χ0) is 16.2. The first-order chi connectivity index (χ1) is 10.6. The first-order valence-electron chi connectivity index (χ1n) is 7.77. The number of nitrogens with one attached hydrogen (secondary N) is 1. The highest BCUT2D eigenvalue weighted by Gasteiger charge is 2.12. The molecular formula is C17H26N2O3. The maximum absolute atomic E-state index is 11.8. The molecule has 0 bridgehead atoms. The van der Waals surface area contributed by atoms with Gasteiger partial charge in [0.15, 0.2) is 0 Å².